The number of hydrogen-bond donors (Lipinski definition) is 2. The van der Waals surface area contributed by atoms with Gasteiger partial charge in [0, 0.05) is 12.6 Å². The summed E-state index contributed by atoms with van der Waals surface area (Å²) in [5.74, 6) is 0.219. The van der Waals surface area contributed by atoms with E-state index in [1.54, 1.807) is 19.1 Å². The first-order valence-electron chi connectivity index (χ1n) is 11.4. The Balaban J connectivity index is 1.30. The topological polar surface area (TPSA) is 96.7 Å². The van der Waals surface area contributed by atoms with Gasteiger partial charge in [0.25, 0.3) is 0 Å². The Labute approximate surface area is 190 Å². The number of nitrogens with zero attached hydrogens (tertiary/aromatic N) is 7. The van der Waals surface area contributed by atoms with Crippen LogP contribution in [0.25, 0.3) is 5.69 Å². The van der Waals surface area contributed by atoms with E-state index in [0.717, 1.165) is 32.1 Å². The van der Waals surface area contributed by atoms with Crippen molar-refractivity contribution in [3.63, 3.8) is 0 Å². The number of hydrogen-bond acceptors (Lipinski definition) is 8. The Bertz CT molecular complexity index is 1120. The molecular formula is C22H27F2N9. The molecule has 2 aliphatic heterocycles. The lowest BCUT2D eigenvalue weighted by Crippen LogP contribution is -2.49. The molecule has 0 bridgehead atoms. The van der Waals surface area contributed by atoms with Gasteiger partial charge in [-0.2, -0.15) is 9.67 Å². The standard InChI is InChI=1S/C22H27F2N9/c1-14-29-30-31-33(14)16-7-8-17(23)19(11-16)27-22-26-13-18(24)21(28-22)25-12-15-5-4-10-32-9-3-2-6-20(15)32/h7-8,11,13,15,20H,2-6,9-10,12H2,1H3,(H2,25,26,27,28)/t15-,20+/m0/s1. The van der Waals surface area contributed by atoms with Crippen LogP contribution in [0.5, 0.6) is 0 Å². The van der Waals surface area contributed by atoms with Crippen molar-refractivity contribution in [3.8, 4) is 5.69 Å². The van der Waals surface area contributed by atoms with Crippen molar-refractivity contribution in [2.24, 2.45) is 5.92 Å². The van der Waals surface area contributed by atoms with Gasteiger partial charge in [-0.1, -0.05) is 6.42 Å². The maximum Gasteiger partial charge on any atom is 0.229 e. The summed E-state index contributed by atoms with van der Waals surface area (Å²) in [6.45, 7) is 4.71. The van der Waals surface area contributed by atoms with Crippen molar-refractivity contribution in [3.05, 3.63) is 41.9 Å². The van der Waals surface area contributed by atoms with Gasteiger partial charge in [0.15, 0.2) is 17.5 Å². The van der Waals surface area contributed by atoms with Gasteiger partial charge in [-0.25, -0.2) is 13.8 Å². The molecule has 2 fully saturated rings. The number of tetrazole rings is 1. The summed E-state index contributed by atoms with van der Waals surface area (Å²) < 4.78 is 30.4. The van der Waals surface area contributed by atoms with Crippen LogP contribution in [-0.4, -0.2) is 60.8 Å². The number of rotatable bonds is 6. The molecule has 0 unspecified atom stereocenters. The molecule has 1 aromatic carbocycles. The molecule has 2 atom stereocenters. The molecule has 0 amide bonds. The quantitative estimate of drug-likeness (QED) is 0.583. The minimum absolute atomic E-state index is 0.103. The van der Waals surface area contributed by atoms with Crippen molar-refractivity contribution < 1.29 is 8.78 Å². The summed E-state index contributed by atoms with van der Waals surface area (Å²) in [7, 11) is 0. The number of fused-ring (bicyclic) bond motifs is 1. The normalized spacial score (nSPS) is 20.9. The van der Waals surface area contributed by atoms with Gasteiger partial charge < -0.3 is 15.5 Å². The van der Waals surface area contributed by atoms with Crippen molar-refractivity contribution in [1.82, 2.24) is 35.1 Å². The van der Waals surface area contributed by atoms with E-state index in [9.17, 15) is 8.78 Å². The third kappa shape index (κ3) is 4.63. The van der Waals surface area contributed by atoms with Crippen LogP contribution in [0.3, 0.4) is 0 Å². The second-order valence-electron chi connectivity index (χ2n) is 8.70. The highest BCUT2D eigenvalue weighted by molar-refractivity contribution is 5.59. The first kappa shape index (κ1) is 21.6. The number of aryl methyl sites for hydroxylation is 1. The Hall–Kier alpha value is -3.21. The Morgan fingerprint density at radius 1 is 1.09 bits per heavy atom. The van der Waals surface area contributed by atoms with Crippen molar-refractivity contribution in [2.45, 2.75) is 45.1 Å². The average Bonchev–Trinajstić information content (AvgIpc) is 3.26. The van der Waals surface area contributed by atoms with E-state index >= 15 is 0 Å². The Morgan fingerprint density at radius 2 is 1.97 bits per heavy atom. The fraction of sp³-hybridized carbons (Fsp3) is 0.500. The van der Waals surface area contributed by atoms with Crippen LogP contribution >= 0.6 is 0 Å². The minimum Gasteiger partial charge on any atom is -0.367 e. The van der Waals surface area contributed by atoms with E-state index in [1.807, 2.05) is 0 Å². The van der Waals surface area contributed by atoms with Gasteiger partial charge in [0.05, 0.1) is 17.6 Å². The van der Waals surface area contributed by atoms with Gasteiger partial charge in [-0.3, -0.25) is 0 Å². The van der Waals surface area contributed by atoms with Crippen LogP contribution in [0.2, 0.25) is 0 Å². The first-order valence-corrected chi connectivity index (χ1v) is 11.4. The Kier molecular flexibility index (Phi) is 6.12. The lowest BCUT2D eigenvalue weighted by atomic mass is 9.83. The van der Waals surface area contributed by atoms with Gasteiger partial charge in [0.2, 0.25) is 5.95 Å². The number of piperidine rings is 2. The summed E-state index contributed by atoms with van der Waals surface area (Å²) in [5, 5.41) is 17.4. The van der Waals surface area contributed by atoms with E-state index in [-0.39, 0.29) is 17.5 Å². The third-order valence-corrected chi connectivity index (χ3v) is 6.57. The maximum atomic E-state index is 14.5. The predicted octanol–water partition coefficient (Wildman–Crippen LogP) is 3.46. The second-order valence-corrected chi connectivity index (χ2v) is 8.70. The summed E-state index contributed by atoms with van der Waals surface area (Å²) in [6.07, 6.45) is 7.10. The third-order valence-electron chi connectivity index (χ3n) is 6.57. The SMILES string of the molecule is Cc1nnnn1-c1ccc(F)c(Nc2ncc(F)c(NC[C@@H]3CCCN4CCCC[C@H]34)n2)c1. The second kappa shape index (κ2) is 9.34. The number of nitrogens with one attached hydrogen (secondary N) is 2. The molecule has 0 spiro atoms. The molecule has 0 radical (unpaired) electrons. The van der Waals surface area contributed by atoms with E-state index in [0.29, 0.717) is 30.0 Å². The van der Waals surface area contributed by atoms with Crippen molar-refractivity contribution in [2.75, 3.05) is 30.3 Å². The molecule has 0 saturated carbocycles. The smallest absolute Gasteiger partial charge is 0.229 e. The molecule has 2 aliphatic rings. The highest BCUT2D eigenvalue weighted by Gasteiger charge is 2.32. The zero-order valence-corrected chi connectivity index (χ0v) is 18.5. The monoisotopic (exact) mass is 455 g/mol. The number of anilines is 3. The molecular weight excluding hydrogens is 428 g/mol. The molecule has 5 rings (SSSR count). The summed E-state index contributed by atoms with van der Waals surface area (Å²) in [5.41, 5.74) is 0.723. The van der Waals surface area contributed by atoms with Crippen molar-refractivity contribution >= 4 is 17.5 Å². The molecule has 4 heterocycles. The molecule has 9 nitrogen and oxygen atoms in total. The van der Waals surface area contributed by atoms with Gasteiger partial charge in [0.1, 0.15) is 5.82 Å². The van der Waals surface area contributed by atoms with Gasteiger partial charge in [-0.15, -0.1) is 5.10 Å². The lowest BCUT2D eigenvalue weighted by Gasteiger charge is -2.44. The molecule has 0 aliphatic carbocycles. The zero-order chi connectivity index (χ0) is 22.8. The lowest BCUT2D eigenvalue weighted by molar-refractivity contribution is 0.0648. The number of aromatic nitrogens is 6. The van der Waals surface area contributed by atoms with E-state index in [1.165, 1.54) is 30.0 Å². The molecule has 174 valence electrons. The molecule has 2 saturated heterocycles. The maximum absolute atomic E-state index is 14.5. The van der Waals surface area contributed by atoms with Crippen molar-refractivity contribution in [1.29, 1.82) is 0 Å². The van der Waals surface area contributed by atoms with Crippen LogP contribution in [0.1, 0.15) is 37.9 Å². The van der Waals surface area contributed by atoms with E-state index in [4.69, 9.17) is 0 Å². The van der Waals surface area contributed by atoms with E-state index in [2.05, 4.69) is 41.0 Å². The first-order chi connectivity index (χ1) is 16.1. The number of benzene rings is 1. The Morgan fingerprint density at radius 3 is 2.82 bits per heavy atom. The fourth-order valence-electron chi connectivity index (χ4n) is 4.93. The average molecular weight is 456 g/mol. The van der Waals surface area contributed by atoms with Crippen LogP contribution in [-0.2, 0) is 0 Å². The van der Waals surface area contributed by atoms with Crippen LogP contribution in [0.4, 0.5) is 26.2 Å². The largest absolute Gasteiger partial charge is 0.367 e. The molecule has 2 aromatic heterocycles. The summed E-state index contributed by atoms with van der Waals surface area (Å²) in [6, 6.07) is 4.98. The van der Waals surface area contributed by atoms with Crippen LogP contribution in [0.15, 0.2) is 24.4 Å². The zero-order valence-electron chi connectivity index (χ0n) is 18.5. The van der Waals surface area contributed by atoms with E-state index < -0.39 is 11.6 Å². The molecule has 33 heavy (non-hydrogen) atoms. The van der Waals surface area contributed by atoms with Gasteiger partial charge >= 0.3 is 0 Å². The molecule has 11 heteroatoms. The molecule has 3 aromatic rings. The summed E-state index contributed by atoms with van der Waals surface area (Å²) in [4.78, 5) is 10.8. The fourth-order valence-corrected chi connectivity index (χ4v) is 4.93. The predicted molar refractivity (Wildman–Crippen MR) is 120 cm³/mol. The minimum atomic E-state index is -0.532. The van der Waals surface area contributed by atoms with Crippen LogP contribution < -0.4 is 10.6 Å². The number of halogens is 2. The van der Waals surface area contributed by atoms with Crippen LogP contribution in [0, 0.1) is 24.5 Å². The molecule has 2 N–H and O–H groups in total. The highest BCUT2D eigenvalue weighted by atomic mass is 19.1. The highest BCUT2D eigenvalue weighted by Crippen LogP contribution is 2.31. The van der Waals surface area contributed by atoms with Gasteiger partial charge in [-0.05, 0) is 80.2 Å². The summed E-state index contributed by atoms with van der Waals surface area (Å²) >= 11 is 0.